The number of hydrogen-bond acceptors (Lipinski definition) is 2. The molecule has 2 bridgehead atoms. The standard InChI is InChI=1S/C17H20F2N2O/c18-10-1-4-16(19)14(7-10)13-8-15(13)17(22)21-11-2-3-12(21)9-20-6-5-11/h1,4,7,11-13,15,20H,2-3,5-6,8-9H2. The van der Waals surface area contributed by atoms with Crippen molar-refractivity contribution in [1.82, 2.24) is 10.2 Å². The van der Waals surface area contributed by atoms with Crippen LogP contribution in [0.2, 0.25) is 0 Å². The molecule has 1 N–H and O–H groups in total. The summed E-state index contributed by atoms with van der Waals surface area (Å²) >= 11 is 0. The van der Waals surface area contributed by atoms with Crippen LogP contribution in [0.3, 0.4) is 0 Å². The number of hydrogen-bond donors (Lipinski definition) is 1. The number of carbonyl (C=O) groups is 1. The van der Waals surface area contributed by atoms with Crippen LogP contribution in [0, 0.1) is 17.6 Å². The Morgan fingerprint density at radius 3 is 2.86 bits per heavy atom. The van der Waals surface area contributed by atoms with E-state index in [-0.39, 0.29) is 23.8 Å². The summed E-state index contributed by atoms with van der Waals surface area (Å²) in [5, 5.41) is 3.38. The second-order valence-corrected chi connectivity index (χ2v) is 6.74. The Morgan fingerprint density at radius 1 is 1.18 bits per heavy atom. The molecule has 3 aliphatic rings. The molecule has 2 heterocycles. The van der Waals surface area contributed by atoms with Crippen molar-refractivity contribution in [3.05, 3.63) is 35.4 Å². The van der Waals surface area contributed by atoms with E-state index in [1.54, 1.807) is 0 Å². The molecule has 1 aromatic rings. The quantitative estimate of drug-likeness (QED) is 0.910. The maximum atomic E-state index is 13.9. The first-order valence-corrected chi connectivity index (χ1v) is 8.13. The van der Waals surface area contributed by atoms with Gasteiger partial charge < -0.3 is 10.2 Å². The summed E-state index contributed by atoms with van der Waals surface area (Å²) in [6, 6.07) is 4.12. The second-order valence-electron chi connectivity index (χ2n) is 6.74. The molecule has 1 amide bonds. The van der Waals surface area contributed by atoms with Gasteiger partial charge in [-0.2, -0.15) is 0 Å². The minimum Gasteiger partial charge on any atom is -0.335 e. The number of carbonyl (C=O) groups excluding carboxylic acids is 1. The fraction of sp³-hybridized carbons (Fsp3) is 0.588. The van der Waals surface area contributed by atoms with E-state index in [4.69, 9.17) is 0 Å². The lowest BCUT2D eigenvalue weighted by Gasteiger charge is -2.28. The summed E-state index contributed by atoms with van der Waals surface area (Å²) in [7, 11) is 0. The molecule has 5 heteroatoms. The van der Waals surface area contributed by atoms with E-state index in [1.807, 2.05) is 4.90 Å². The molecule has 1 aromatic carbocycles. The van der Waals surface area contributed by atoms with Gasteiger partial charge in [-0.3, -0.25) is 4.79 Å². The van der Waals surface area contributed by atoms with Crippen LogP contribution in [0.15, 0.2) is 18.2 Å². The molecular weight excluding hydrogens is 286 g/mol. The monoisotopic (exact) mass is 306 g/mol. The number of nitrogens with one attached hydrogen (secondary N) is 1. The van der Waals surface area contributed by atoms with Gasteiger partial charge in [-0.05, 0) is 61.9 Å². The lowest BCUT2D eigenvalue weighted by molar-refractivity contribution is -0.135. The lowest BCUT2D eigenvalue weighted by Crippen LogP contribution is -2.43. The first-order valence-electron chi connectivity index (χ1n) is 8.13. The van der Waals surface area contributed by atoms with E-state index < -0.39 is 11.6 Å². The van der Waals surface area contributed by atoms with Gasteiger partial charge in [0.25, 0.3) is 0 Å². The zero-order valence-corrected chi connectivity index (χ0v) is 12.4. The topological polar surface area (TPSA) is 32.3 Å². The summed E-state index contributed by atoms with van der Waals surface area (Å²) in [4.78, 5) is 14.9. The predicted octanol–water partition coefficient (Wildman–Crippen LogP) is 2.42. The molecule has 1 aliphatic carbocycles. The Bertz CT molecular complexity index is 592. The first kappa shape index (κ1) is 14.1. The third-order valence-corrected chi connectivity index (χ3v) is 5.37. The average Bonchev–Trinajstić information content (AvgIpc) is 3.20. The van der Waals surface area contributed by atoms with Gasteiger partial charge in [0.15, 0.2) is 0 Å². The lowest BCUT2D eigenvalue weighted by atomic mass is 10.1. The minimum absolute atomic E-state index is 0.143. The van der Waals surface area contributed by atoms with Crippen molar-refractivity contribution in [2.24, 2.45) is 5.92 Å². The van der Waals surface area contributed by atoms with Crippen molar-refractivity contribution in [3.63, 3.8) is 0 Å². The summed E-state index contributed by atoms with van der Waals surface area (Å²) in [5.74, 6) is -1.02. The Labute approximate surface area is 128 Å². The largest absolute Gasteiger partial charge is 0.335 e. The van der Waals surface area contributed by atoms with Crippen LogP contribution in [-0.2, 0) is 4.79 Å². The minimum atomic E-state index is -0.437. The van der Waals surface area contributed by atoms with Crippen LogP contribution in [0.25, 0.3) is 0 Å². The molecule has 4 atom stereocenters. The molecule has 0 spiro atoms. The Morgan fingerprint density at radius 2 is 2.00 bits per heavy atom. The van der Waals surface area contributed by atoms with Crippen LogP contribution in [0.1, 0.15) is 37.2 Å². The highest BCUT2D eigenvalue weighted by Crippen LogP contribution is 2.50. The molecule has 3 fully saturated rings. The number of fused-ring (bicyclic) bond motifs is 2. The molecule has 4 unspecified atom stereocenters. The van der Waals surface area contributed by atoms with Crippen LogP contribution in [0.4, 0.5) is 8.78 Å². The van der Waals surface area contributed by atoms with Gasteiger partial charge in [0, 0.05) is 24.5 Å². The maximum Gasteiger partial charge on any atom is 0.226 e. The number of amides is 1. The van der Waals surface area contributed by atoms with E-state index in [9.17, 15) is 13.6 Å². The molecule has 2 aliphatic heterocycles. The number of benzene rings is 1. The van der Waals surface area contributed by atoms with Gasteiger partial charge in [-0.15, -0.1) is 0 Å². The predicted molar refractivity (Wildman–Crippen MR) is 78.3 cm³/mol. The first-order chi connectivity index (χ1) is 10.6. The van der Waals surface area contributed by atoms with Gasteiger partial charge in [0.05, 0.1) is 0 Å². The maximum absolute atomic E-state index is 13.9. The molecule has 118 valence electrons. The normalized spacial score (nSPS) is 33.6. The molecule has 3 nitrogen and oxygen atoms in total. The summed E-state index contributed by atoms with van der Waals surface area (Å²) in [6.45, 7) is 1.81. The van der Waals surface area contributed by atoms with Crippen molar-refractivity contribution in [2.45, 2.75) is 43.7 Å². The fourth-order valence-corrected chi connectivity index (χ4v) is 4.14. The smallest absolute Gasteiger partial charge is 0.226 e. The molecule has 2 saturated heterocycles. The van der Waals surface area contributed by atoms with Crippen molar-refractivity contribution in [2.75, 3.05) is 13.1 Å². The van der Waals surface area contributed by atoms with Crippen molar-refractivity contribution < 1.29 is 13.6 Å². The van der Waals surface area contributed by atoms with Crippen molar-refractivity contribution in [3.8, 4) is 0 Å². The number of rotatable bonds is 2. The molecular formula is C17H20F2N2O. The summed E-state index contributed by atoms with van der Waals surface area (Å²) in [5.41, 5.74) is 0.360. The number of nitrogens with zero attached hydrogens (tertiary/aromatic N) is 1. The fourth-order valence-electron chi connectivity index (χ4n) is 4.14. The van der Waals surface area contributed by atoms with Crippen molar-refractivity contribution in [1.29, 1.82) is 0 Å². The highest BCUT2D eigenvalue weighted by molar-refractivity contribution is 5.84. The third-order valence-electron chi connectivity index (χ3n) is 5.37. The van der Waals surface area contributed by atoms with Crippen molar-refractivity contribution >= 4 is 5.91 Å². The second kappa shape index (κ2) is 5.30. The van der Waals surface area contributed by atoms with Gasteiger partial charge in [-0.1, -0.05) is 0 Å². The third kappa shape index (κ3) is 2.32. The molecule has 1 saturated carbocycles. The average molecular weight is 306 g/mol. The van der Waals surface area contributed by atoms with Gasteiger partial charge in [-0.25, -0.2) is 8.78 Å². The molecule has 0 radical (unpaired) electrons. The zero-order valence-electron chi connectivity index (χ0n) is 12.4. The van der Waals surface area contributed by atoms with E-state index in [0.29, 0.717) is 18.0 Å². The van der Waals surface area contributed by atoms with E-state index in [1.165, 1.54) is 6.07 Å². The highest BCUT2D eigenvalue weighted by atomic mass is 19.1. The Hall–Kier alpha value is -1.49. The van der Waals surface area contributed by atoms with Crippen LogP contribution < -0.4 is 5.32 Å². The van der Waals surface area contributed by atoms with Gasteiger partial charge in [0.1, 0.15) is 11.6 Å². The summed E-state index contributed by atoms with van der Waals surface area (Å²) in [6.07, 6.45) is 3.76. The molecule has 22 heavy (non-hydrogen) atoms. The Balaban J connectivity index is 1.52. The zero-order chi connectivity index (χ0) is 15.3. The highest BCUT2D eigenvalue weighted by Gasteiger charge is 2.50. The van der Waals surface area contributed by atoms with Crippen LogP contribution in [-0.4, -0.2) is 36.0 Å². The molecule has 4 rings (SSSR count). The number of halogens is 2. The van der Waals surface area contributed by atoms with Crippen LogP contribution in [0.5, 0.6) is 0 Å². The van der Waals surface area contributed by atoms with E-state index in [2.05, 4.69) is 5.32 Å². The van der Waals surface area contributed by atoms with E-state index >= 15 is 0 Å². The van der Waals surface area contributed by atoms with Gasteiger partial charge >= 0.3 is 0 Å². The van der Waals surface area contributed by atoms with Crippen LogP contribution >= 0.6 is 0 Å². The summed E-state index contributed by atoms with van der Waals surface area (Å²) < 4.78 is 27.2. The molecule has 0 aromatic heterocycles. The SMILES string of the molecule is O=C(C1CC1c1cc(F)ccc1F)N1C2CCNCC1CC2. The van der Waals surface area contributed by atoms with E-state index in [0.717, 1.165) is 44.5 Å². The van der Waals surface area contributed by atoms with Gasteiger partial charge in [0.2, 0.25) is 5.91 Å². The Kier molecular flexibility index (Phi) is 3.40.